The Labute approximate surface area is 91.1 Å². The minimum Gasteiger partial charge on any atom is -0.385 e. The van der Waals surface area contributed by atoms with E-state index in [1.807, 2.05) is 12.1 Å². The standard InChI is InChI=1S/C12H17N3/c1-3-10(4-2)9-15-11-5-6-14-12(7-11)8-13/h5-7,10H,3-4,9H2,1-2H3,(H,14,15). The highest BCUT2D eigenvalue weighted by Crippen LogP contribution is 2.11. The molecule has 80 valence electrons. The van der Waals surface area contributed by atoms with Crippen molar-refractivity contribution in [3.8, 4) is 6.07 Å². The molecular formula is C12H17N3. The van der Waals surface area contributed by atoms with Gasteiger partial charge >= 0.3 is 0 Å². The minimum atomic E-state index is 0.463. The van der Waals surface area contributed by atoms with E-state index in [9.17, 15) is 0 Å². The number of hydrogen-bond acceptors (Lipinski definition) is 3. The van der Waals surface area contributed by atoms with Gasteiger partial charge in [0.05, 0.1) is 0 Å². The Hall–Kier alpha value is -1.56. The second-order valence-electron chi connectivity index (χ2n) is 3.60. The summed E-state index contributed by atoms with van der Waals surface area (Å²) in [5, 5.41) is 12.0. The number of hydrogen-bond donors (Lipinski definition) is 1. The maximum Gasteiger partial charge on any atom is 0.142 e. The maximum atomic E-state index is 8.69. The van der Waals surface area contributed by atoms with Crippen LogP contribution >= 0.6 is 0 Å². The zero-order valence-electron chi connectivity index (χ0n) is 9.33. The van der Waals surface area contributed by atoms with Crippen LogP contribution in [0, 0.1) is 17.2 Å². The summed E-state index contributed by atoms with van der Waals surface area (Å²) in [5.74, 6) is 0.698. The molecule has 1 N–H and O–H groups in total. The van der Waals surface area contributed by atoms with Gasteiger partial charge in [-0.15, -0.1) is 0 Å². The number of aromatic nitrogens is 1. The maximum absolute atomic E-state index is 8.69. The molecule has 0 fully saturated rings. The number of rotatable bonds is 5. The average Bonchev–Trinajstić information content (AvgIpc) is 2.31. The molecule has 1 rings (SSSR count). The van der Waals surface area contributed by atoms with Crippen LogP contribution < -0.4 is 5.32 Å². The van der Waals surface area contributed by atoms with E-state index >= 15 is 0 Å². The van der Waals surface area contributed by atoms with Crippen LogP contribution in [0.15, 0.2) is 18.3 Å². The molecule has 0 aliphatic heterocycles. The highest BCUT2D eigenvalue weighted by Gasteiger charge is 2.03. The van der Waals surface area contributed by atoms with Gasteiger partial charge in [0.25, 0.3) is 0 Å². The zero-order chi connectivity index (χ0) is 11.1. The van der Waals surface area contributed by atoms with Crippen molar-refractivity contribution < 1.29 is 0 Å². The molecule has 0 radical (unpaired) electrons. The summed E-state index contributed by atoms with van der Waals surface area (Å²) in [5.41, 5.74) is 1.44. The fourth-order valence-electron chi connectivity index (χ4n) is 1.44. The first-order chi connectivity index (χ1) is 7.30. The van der Waals surface area contributed by atoms with Crippen LogP contribution in [-0.2, 0) is 0 Å². The number of nitrogens with zero attached hydrogens (tertiary/aromatic N) is 2. The summed E-state index contributed by atoms with van der Waals surface area (Å²) in [6.07, 6.45) is 4.02. The van der Waals surface area contributed by atoms with Crippen molar-refractivity contribution in [2.45, 2.75) is 26.7 Å². The van der Waals surface area contributed by atoms with Crippen LogP contribution in [0.5, 0.6) is 0 Å². The molecule has 0 aromatic carbocycles. The number of nitriles is 1. The van der Waals surface area contributed by atoms with E-state index in [-0.39, 0.29) is 0 Å². The van der Waals surface area contributed by atoms with Crippen LogP contribution in [0.3, 0.4) is 0 Å². The third-order valence-electron chi connectivity index (χ3n) is 2.62. The highest BCUT2D eigenvalue weighted by atomic mass is 14.9. The second-order valence-corrected chi connectivity index (χ2v) is 3.60. The van der Waals surface area contributed by atoms with Gasteiger partial charge in [-0.05, 0) is 18.1 Å². The Morgan fingerprint density at radius 3 is 2.80 bits per heavy atom. The molecule has 0 saturated carbocycles. The van der Waals surface area contributed by atoms with Gasteiger partial charge in [-0.1, -0.05) is 26.7 Å². The van der Waals surface area contributed by atoms with E-state index in [1.165, 1.54) is 12.8 Å². The van der Waals surface area contributed by atoms with Crippen LogP contribution in [-0.4, -0.2) is 11.5 Å². The van der Waals surface area contributed by atoms with Gasteiger partial charge in [0, 0.05) is 18.4 Å². The lowest BCUT2D eigenvalue weighted by Gasteiger charge is -2.14. The van der Waals surface area contributed by atoms with Crippen molar-refractivity contribution in [2.75, 3.05) is 11.9 Å². The van der Waals surface area contributed by atoms with Gasteiger partial charge in [0.15, 0.2) is 0 Å². The Kier molecular flexibility index (Phi) is 4.62. The van der Waals surface area contributed by atoms with E-state index in [1.54, 1.807) is 12.3 Å². The van der Waals surface area contributed by atoms with Gasteiger partial charge in [-0.3, -0.25) is 0 Å². The van der Waals surface area contributed by atoms with Crippen LogP contribution in [0.25, 0.3) is 0 Å². The van der Waals surface area contributed by atoms with Gasteiger partial charge in [-0.2, -0.15) is 5.26 Å². The minimum absolute atomic E-state index is 0.463. The summed E-state index contributed by atoms with van der Waals surface area (Å²) >= 11 is 0. The Morgan fingerprint density at radius 2 is 2.20 bits per heavy atom. The van der Waals surface area contributed by atoms with Gasteiger partial charge in [0.1, 0.15) is 11.8 Å². The van der Waals surface area contributed by atoms with Crippen molar-refractivity contribution in [3.63, 3.8) is 0 Å². The molecule has 0 aliphatic carbocycles. The largest absolute Gasteiger partial charge is 0.385 e. The summed E-state index contributed by atoms with van der Waals surface area (Å²) < 4.78 is 0. The first-order valence-electron chi connectivity index (χ1n) is 5.40. The molecule has 0 bridgehead atoms. The lowest BCUT2D eigenvalue weighted by atomic mass is 10.0. The SMILES string of the molecule is CCC(CC)CNc1ccnc(C#N)c1. The molecule has 0 atom stereocenters. The number of nitrogens with one attached hydrogen (secondary N) is 1. The third kappa shape index (κ3) is 3.59. The van der Waals surface area contributed by atoms with E-state index in [0.717, 1.165) is 12.2 Å². The molecule has 0 aliphatic rings. The van der Waals surface area contributed by atoms with Crippen molar-refractivity contribution >= 4 is 5.69 Å². The van der Waals surface area contributed by atoms with Crippen LogP contribution in [0.1, 0.15) is 32.4 Å². The Balaban J connectivity index is 2.54. The van der Waals surface area contributed by atoms with E-state index in [0.29, 0.717) is 11.6 Å². The highest BCUT2D eigenvalue weighted by molar-refractivity contribution is 5.45. The molecule has 0 saturated heterocycles. The van der Waals surface area contributed by atoms with Gasteiger partial charge in [0.2, 0.25) is 0 Å². The third-order valence-corrected chi connectivity index (χ3v) is 2.62. The normalized spacial score (nSPS) is 10.0. The summed E-state index contributed by atoms with van der Waals surface area (Å²) in [6, 6.07) is 5.70. The molecule has 0 unspecified atom stereocenters. The molecular weight excluding hydrogens is 186 g/mol. The second kappa shape index (κ2) is 6.02. The zero-order valence-corrected chi connectivity index (χ0v) is 9.33. The Bertz CT molecular complexity index is 337. The summed E-state index contributed by atoms with van der Waals surface area (Å²) in [7, 11) is 0. The topological polar surface area (TPSA) is 48.7 Å². The van der Waals surface area contributed by atoms with E-state index in [4.69, 9.17) is 5.26 Å². The smallest absolute Gasteiger partial charge is 0.142 e. The molecule has 0 spiro atoms. The molecule has 3 heteroatoms. The van der Waals surface area contributed by atoms with Crippen molar-refractivity contribution in [3.05, 3.63) is 24.0 Å². The lowest BCUT2D eigenvalue weighted by Crippen LogP contribution is -2.12. The van der Waals surface area contributed by atoms with Crippen molar-refractivity contribution in [1.29, 1.82) is 5.26 Å². The number of pyridine rings is 1. The van der Waals surface area contributed by atoms with Crippen LogP contribution in [0.2, 0.25) is 0 Å². The van der Waals surface area contributed by atoms with E-state index < -0.39 is 0 Å². The van der Waals surface area contributed by atoms with Gasteiger partial charge < -0.3 is 5.32 Å². The van der Waals surface area contributed by atoms with Crippen molar-refractivity contribution in [1.82, 2.24) is 4.98 Å². The lowest BCUT2D eigenvalue weighted by molar-refractivity contribution is 0.519. The fraction of sp³-hybridized carbons (Fsp3) is 0.500. The van der Waals surface area contributed by atoms with Gasteiger partial charge in [-0.25, -0.2) is 4.98 Å². The number of anilines is 1. The quantitative estimate of drug-likeness (QED) is 0.800. The predicted molar refractivity (Wildman–Crippen MR) is 61.5 cm³/mol. The monoisotopic (exact) mass is 203 g/mol. The molecule has 1 aromatic heterocycles. The fourth-order valence-corrected chi connectivity index (χ4v) is 1.44. The average molecular weight is 203 g/mol. The Morgan fingerprint density at radius 1 is 1.47 bits per heavy atom. The molecule has 0 amide bonds. The first kappa shape index (κ1) is 11.5. The van der Waals surface area contributed by atoms with Crippen LogP contribution in [0.4, 0.5) is 5.69 Å². The molecule has 1 aromatic rings. The summed E-state index contributed by atoms with van der Waals surface area (Å²) in [4.78, 5) is 3.92. The molecule has 1 heterocycles. The van der Waals surface area contributed by atoms with Crippen molar-refractivity contribution in [2.24, 2.45) is 5.92 Å². The molecule has 15 heavy (non-hydrogen) atoms. The van der Waals surface area contributed by atoms with E-state index in [2.05, 4.69) is 24.1 Å². The summed E-state index contributed by atoms with van der Waals surface area (Å²) in [6.45, 7) is 5.36. The first-order valence-corrected chi connectivity index (χ1v) is 5.40. The predicted octanol–water partition coefficient (Wildman–Crippen LogP) is 2.80. The molecule has 3 nitrogen and oxygen atoms in total.